The van der Waals surface area contributed by atoms with Crippen molar-refractivity contribution >= 4 is 54.8 Å². The molecule has 0 saturated heterocycles. The molecule has 0 unspecified atom stereocenters. The second-order valence-electron chi connectivity index (χ2n) is 16.9. The molecule has 0 spiro atoms. The van der Waals surface area contributed by atoms with Crippen molar-refractivity contribution in [2.75, 3.05) is 0 Å². The maximum Gasteiger partial charge on any atom is 0.186 e. The SMILES string of the molecule is CC(C)(C)C1=CC(=C/N=N/c2ccc(-c3ccc(/N=N/C=C4C=C(C(C)(C)C)C(=O)C(C(C)(C)C)=C4)c(Br)c3)cc2Br)C=C(C(C)(C)C)C1=O. The van der Waals surface area contributed by atoms with E-state index < -0.39 is 0 Å². The van der Waals surface area contributed by atoms with Gasteiger partial charge in [0.25, 0.3) is 0 Å². The maximum absolute atomic E-state index is 13.2. The lowest BCUT2D eigenvalue weighted by molar-refractivity contribution is -0.114. The van der Waals surface area contributed by atoms with E-state index in [0.717, 1.165) is 53.5 Å². The summed E-state index contributed by atoms with van der Waals surface area (Å²) in [4.78, 5) is 26.5. The molecule has 0 aromatic heterocycles. The molecular weight excluding hydrogens is 752 g/mol. The van der Waals surface area contributed by atoms with Gasteiger partial charge in [0.1, 0.15) is 0 Å². The molecule has 0 radical (unpaired) electrons. The quantitative estimate of drug-likeness (QED) is 0.282. The number of hydrogen-bond acceptors (Lipinski definition) is 6. The number of allylic oxidation sites excluding steroid dienone is 10. The van der Waals surface area contributed by atoms with Crippen molar-refractivity contribution in [3.8, 4) is 11.1 Å². The molecule has 0 atom stereocenters. The summed E-state index contributed by atoms with van der Waals surface area (Å²) in [6, 6.07) is 11.8. The van der Waals surface area contributed by atoms with Crippen molar-refractivity contribution in [3.63, 3.8) is 0 Å². The van der Waals surface area contributed by atoms with Gasteiger partial charge in [0.05, 0.1) is 23.8 Å². The molecule has 50 heavy (non-hydrogen) atoms. The monoisotopic (exact) mass is 798 g/mol. The second-order valence-corrected chi connectivity index (χ2v) is 18.6. The first-order valence-corrected chi connectivity index (χ1v) is 18.3. The molecule has 8 heteroatoms. The highest BCUT2D eigenvalue weighted by Gasteiger charge is 2.35. The number of carbonyl (C=O) groups is 2. The highest BCUT2D eigenvalue weighted by Crippen LogP contribution is 2.41. The second kappa shape index (κ2) is 14.5. The van der Waals surface area contributed by atoms with E-state index in [1.807, 2.05) is 60.7 Å². The largest absolute Gasteiger partial charge is 0.289 e. The average Bonchev–Trinajstić information content (AvgIpc) is 2.97. The van der Waals surface area contributed by atoms with Crippen LogP contribution in [0.1, 0.15) is 83.1 Å². The molecular formula is C42H48Br2N4O2. The Morgan fingerprint density at radius 3 is 1.00 bits per heavy atom. The van der Waals surface area contributed by atoms with E-state index in [2.05, 4.69) is 135 Å². The molecule has 0 heterocycles. The van der Waals surface area contributed by atoms with Crippen molar-refractivity contribution in [1.82, 2.24) is 0 Å². The van der Waals surface area contributed by atoms with Gasteiger partial charge >= 0.3 is 0 Å². The van der Waals surface area contributed by atoms with Crippen molar-refractivity contribution in [3.05, 3.63) is 115 Å². The lowest BCUT2D eigenvalue weighted by Gasteiger charge is -2.31. The standard InChI is InChI=1S/C42H48Br2N4O2/c1-39(2,3)29-17-25(18-30(37(29)49)40(4,5)6)23-45-47-35-15-13-27(21-33(35)43)28-14-16-36(34(44)22-28)48-46-24-26-19-31(41(7,8)9)38(50)32(20-26)42(10,11)12/h13-24H,1-12H3/b47-45+,48-46+. The van der Waals surface area contributed by atoms with Crippen LogP contribution < -0.4 is 0 Å². The molecule has 6 nitrogen and oxygen atoms in total. The molecule has 0 aliphatic heterocycles. The number of hydrogen-bond donors (Lipinski definition) is 0. The average molecular weight is 801 g/mol. The number of halogens is 2. The first-order chi connectivity index (χ1) is 23.0. The third-order valence-electron chi connectivity index (χ3n) is 8.43. The Hall–Kier alpha value is -3.62. The van der Waals surface area contributed by atoms with E-state index in [1.165, 1.54) is 0 Å². The van der Waals surface area contributed by atoms with Gasteiger partial charge in [-0.05, 0) is 124 Å². The number of rotatable bonds is 5. The van der Waals surface area contributed by atoms with Crippen LogP contribution in [-0.2, 0) is 9.59 Å². The molecule has 0 fully saturated rings. The summed E-state index contributed by atoms with van der Waals surface area (Å²) >= 11 is 7.33. The Kier molecular flexibility index (Phi) is 11.4. The zero-order valence-electron chi connectivity index (χ0n) is 31.3. The van der Waals surface area contributed by atoms with Crippen LogP contribution in [0.4, 0.5) is 11.4 Å². The van der Waals surface area contributed by atoms with Crippen molar-refractivity contribution < 1.29 is 9.59 Å². The zero-order valence-corrected chi connectivity index (χ0v) is 34.5. The summed E-state index contributed by atoms with van der Waals surface area (Å²) in [5, 5.41) is 17.7. The Labute approximate surface area is 314 Å². The van der Waals surface area contributed by atoms with E-state index in [4.69, 9.17) is 0 Å². The molecule has 0 amide bonds. The van der Waals surface area contributed by atoms with Gasteiger partial charge in [-0.25, -0.2) is 0 Å². The molecule has 0 bridgehead atoms. The minimum Gasteiger partial charge on any atom is -0.289 e. The Morgan fingerprint density at radius 2 is 0.760 bits per heavy atom. The van der Waals surface area contributed by atoms with Crippen LogP contribution >= 0.6 is 31.9 Å². The fourth-order valence-corrected chi connectivity index (χ4v) is 6.45. The Balaban J connectivity index is 1.55. The van der Waals surface area contributed by atoms with Crippen LogP contribution in [0.15, 0.2) is 136 Å². The number of ketones is 2. The van der Waals surface area contributed by atoms with Crippen LogP contribution in [0.2, 0.25) is 0 Å². The summed E-state index contributed by atoms with van der Waals surface area (Å²) in [7, 11) is 0. The van der Waals surface area contributed by atoms with Gasteiger partial charge in [-0.3, -0.25) is 9.59 Å². The molecule has 4 rings (SSSR count). The normalized spacial score (nSPS) is 16.5. The van der Waals surface area contributed by atoms with Crippen LogP contribution in [0, 0.1) is 21.7 Å². The van der Waals surface area contributed by atoms with E-state index in [-0.39, 0.29) is 33.2 Å². The molecule has 0 N–H and O–H groups in total. The Morgan fingerprint density at radius 1 is 0.480 bits per heavy atom. The Bertz CT molecular complexity index is 1760. The first kappa shape index (κ1) is 39.2. The number of Topliss-reactive ketones (excluding diaryl/α,β-unsaturated/α-hetero) is 2. The number of nitrogens with zero attached hydrogens (tertiary/aromatic N) is 4. The summed E-state index contributed by atoms with van der Waals surface area (Å²) < 4.78 is 1.60. The van der Waals surface area contributed by atoms with E-state index in [1.54, 1.807) is 12.4 Å². The number of azo groups is 2. The van der Waals surface area contributed by atoms with Gasteiger partial charge in [0, 0.05) is 31.2 Å². The molecule has 2 aliphatic rings. The topological polar surface area (TPSA) is 83.6 Å². The molecule has 2 aromatic rings. The van der Waals surface area contributed by atoms with E-state index in [0.29, 0.717) is 11.4 Å². The van der Waals surface area contributed by atoms with Gasteiger partial charge in [0.15, 0.2) is 11.6 Å². The minimum atomic E-state index is -0.287. The van der Waals surface area contributed by atoms with Gasteiger partial charge in [0.2, 0.25) is 0 Å². The molecule has 2 aliphatic carbocycles. The molecule has 0 saturated carbocycles. The van der Waals surface area contributed by atoms with Gasteiger partial charge in [-0.1, -0.05) is 95.2 Å². The van der Waals surface area contributed by atoms with Crippen molar-refractivity contribution in [2.45, 2.75) is 83.1 Å². The zero-order chi connectivity index (χ0) is 37.4. The highest BCUT2D eigenvalue weighted by molar-refractivity contribution is 9.11. The van der Waals surface area contributed by atoms with E-state index in [9.17, 15) is 9.59 Å². The van der Waals surface area contributed by atoms with Crippen LogP contribution in [0.3, 0.4) is 0 Å². The summed E-state index contributed by atoms with van der Waals surface area (Å²) in [6.07, 6.45) is 11.1. The van der Waals surface area contributed by atoms with Gasteiger partial charge in [-0.15, -0.1) is 10.2 Å². The van der Waals surface area contributed by atoms with E-state index >= 15 is 0 Å². The predicted molar refractivity (Wildman–Crippen MR) is 213 cm³/mol. The van der Waals surface area contributed by atoms with Crippen LogP contribution in [0.25, 0.3) is 11.1 Å². The fraction of sp³-hybridized carbons (Fsp3) is 0.381. The number of carbonyl (C=O) groups excluding carboxylic acids is 2. The maximum atomic E-state index is 13.2. The lowest BCUT2D eigenvalue weighted by atomic mass is 9.72. The first-order valence-electron chi connectivity index (χ1n) is 16.8. The summed E-state index contributed by atoms with van der Waals surface area (Å²) in [5.41, 5.74) is 6.99. The van der Waals surface area contributed by atoms with Gasteiger partial charge < -0.3 is 0 Å². The predicted octanol–water partition coefficient (Wildman–Crippen LogP) is 13.9. The molecule has 262 valence electrons. The third kappa shape index (κ3) is 9.38. The highest BCUT2D eigenvalue weighted by atomic mass is 79.9. The van der Waals surface area contributed by atoms with Crippen LogP contribution in [0.5, 0.6) is 0 Å². The number of benzene rings is 2. The summed E-state index contributed by atoms with van der Waals surface area (Å²) in [5.74, 6) is 0.185. The minimum absolute atomic E-state index is 0.0925. The van der Waals surface area contributed by atoms with Crippen LogP contribution in [-0.4, -0.2) is 11.6 Å². The third-order valence-corrected chi connectivity index (χ3v) is 9.70. The summed E-state index contributed by atoms with van der Waals surface area (Å²) in [6.45, 7) is 24.6. The molecule has 2 aromatic carbocycles. The smallest absolute Gasteiger partial charge is 0.186 e. The fourth-order valence-electron chi connectivity index (χ4n) is 5.53. The lowest BCUT2D eigenvalue weighted by Crippen LogP contribution is -2.27. The van der Waals surface area contributed by atoms with Gasteiger partial charge in [-0.2, -0.15) is 10.2 Å². The van der Waals surface area contributed by atoms with Crippen molar-refractivity contribution in [1.29, 1.82) is 0 Å². The van der Waals surface area contributed by atoms with Crippen molar-refractivity contribution in [2.24, 2.45) is 42.1 Å².